The molecule has 0 saturated heterocycles. The van der Waals surface area contributed by atoms with Gasteiger partial charge in [0, 0.05) is 30.4 Å². The minimum atomic E-state index is 1.04. The Morgan fingerprint density at radius 2 is 2.55 bits per heavy atom. The van der Waals surface area contributed by atoms with Gasteiger partial charge in [-0.3, -0.25) is 4.68 Å². The zero-order chi connectivity index (χ0) is 8.10. The maximum atomic E-state index is 4.07. The van der Waals surface area contributed by atoms with E-state index in [0.29, 0.717) is 0 Å². The fourth-order valence-electron chi connectivity index (χ4n) is 0.744. The molecule has 0 saturated carbocycles. The minimum absolute atomic E-state index is 1.04. The summed E-state index contributed by atoms with van der Waals surface area (Å²) >= 11 is 1.82. The van der Waals surface area contributed by atoms with E-state index < -0.39 is 0 Å². The first-order chi connectivity index (χ1) is 5.33. The molecule has 0 aliphatic carbocycles. The fraction of sp³-hybridized carbons (Fsp3) is 0.571. The molecule has 0 atom stereocenters. The highest BCUT2D eigenvalue weighted by molar-refractivity contribution is 7.99. The Morgan fingerprint density at radius 3 is 3.09 bits per heavy atom. The molecule has 0 aliphatic heterocycles. The Morgan fingerprint density at radius 1 is 1.73 bits per heavy atom. The highest BCUT2D eigenvalue weighted by atomic mass is 32.2. The highest BCUT2D eigenvalue weighted by Crippen LogP contribution is 2.14. The molecule has 1 aromatic heterocycles. The molecule has 0 unspecified atom stereocenters. The Kier molecular flexibility index (Phi) is 3.45. The number of hydrogen-bond acceptors (Lipinski definition) is 3. The zero-order valence-corrected chi connectivity index (χ0v) is 7.69. The number of aromatic nitrogens is 2. The SMILES string of the molecule is CNCCSc1cnn(C)c1. The van der Waals surface area contributed by atoms with Crippen molar-refractivity contribution in [3.8, 4) is 0 Å². The van der Waals surface area contributed by atoms with Crippen molar-refractivity contribution >= 4 is 11.8 Å². The lowest BCUT2D eigenvalue weighted by molar-refractivity contribution is 0.766. The summed E-state index contributed by atoms with van der Waals surface area (Å²) in [7, 11) is 3.89. The van der Waals surface area contributed by atoms with Gasteiger partial charge in [-0.05, 0) is 7.05 Å². The molecule has 4 heteroatoms. The van der Waals surface area contributed by atoms with E-state index in [1.165, 1.54) is 4.90 Å². The van der Waals surface area contributed by atoms with Crippen LogP contribution in [0.4, 0.5) is 0 Å². The quantitative estimate of drug-likeness (QED) is 0.535. The first kappa shape index (κ1) is 8.62. The monoisotopic (exact) mass is 171 g/mol. The van der Waals surface area contributed by atoms with E-state index in [1.807, 2.05) is 42.9 Å². The van der Waals surface area contributed by atoms with Gasteiger partial charge in [0.1, 0.15) is 0 Å². The summed E-state index contributed by atoms with van der Waals surface area (Å²) in [5.41, 5.74) is 0. The number of thioether (sulfide) groups is 1. The van der Waals surface area contributed by atoms with E-state index in [1.54, 1.807) is 0 Å². The third-order valence-corrected chi connectivity index (χ3v) is 2.25. The van der Waals surface area contributed by atoms with Crippen LogP contribution < -0.4 is 5.32 Å². The molecular formula is C7H13N3S. The normalized spacial score (nSPS) is 10.4. The number of rotatable bonds is 4. The average Bonchev–Trinajstić information content (AvgIpc) is 2.37. The summed E-state index contributed by atoms with van der Waals surface area (Å²) in [5.74, 6) is 1.10. The van der Waals surface area contributed by atoms with E-state index in [0.717, 1.165) is 12.3 Å². The van der Waals surface area contributed by atoms with Gasteiger partial charge in [0.05, 0.1) is 6.20 Å². The van der Waals surface area contributed by atoms with Crippen molar-refractivity contribution in [1.82, 2.24) is 15.1 Å². The van der Waals surface area contributed by atoms with E-state index in [9.17, 15) is 0 Å². The smallest absolute Gasteiger partial charge is 0.0625 e. The van der Waals surface area contributed by atoms with Crippen LogP contribution in [0, 0.1) is 0 Å². The molecule has 11 heavy (non-hydrogen) atoms. The Bertz CT molecular complexity index is 209. The molecule has 0 fully saturated rings. The van der Waals surface area contributed by atoms with Crippen molar-refractivity contribution in [3.63, 3.8) is 0 Å². The van der Waals surface area contributed by atoms with Crippen LogP contribution in [0.1, 0.15) is 0 Å². The molecule has 0 amide bonds. The van der Waals surface area contributed by atoms with Gasteiger partial charge in [-0.25, -0.2) is 0 Å². The first-order valence-corrected chi connectivity index (χ1v) is 4.57. The van der Waals surface area contributed by atoms with Crippen molar-refractivity contribution in [2.75, 3.05) is 19.3 Å². The summed E-state index contributed by atoms with van der Waals surface area (Å²) in [6, 6.07) is 0. The lowest BCUT2D eigenvalue weighted by atomic mass is 10.7. The minimum Gasteiger partial charge on any atom is -0.319 e. The van der Waals surface area contributed by atoms with Gasteiger partial charge in [-0.15, -0.1) is 11.8 Å². The second kappa shape index (κ2) is 4.41. The molecule has 1 rings (SSSR count). The Labute approximate surface area is 71.2 Å². The standard InChI is InChI=1S/C7H13N3S/c1-8-3-4-11-7-5-9-10(2)6-7/h5-6,8H,3-4H2,1-2H3. The van der Waals surface area contributed by atoms with Crippen molar-refractivity contribution in [2.45, 2.75) is 4.90 Å². The number of nitrogens with zero attached hydrogens (tertiary/aromatic N) is 2. The third-order valence-electron chi connectivity index (χ3n) is 1.30. The Hall–Kier alpha value is -0.480. The van der Waals surface area contributed by atoms with Crippen LogP contribution in [0.2, 0.25) is 0 Å². The van der Waals surface area contributed by atoms with Crippen molar-refractivity contribution in [3.05, 3.63) is 12.4 Å². The summed E-state index contributed by atoms with van der Waals surface area (Å²) in [6.45, 7) is 1.04. The van der Waals surface area contributed by atoms with Crippen LogP contribution in [0.25, 0.3) is 0 Å². The first-order valence-electron chi connectivity index (χ1n) is 3.59. The maximum absolute atomic E-state index is 4.07. The van der Waals surface area contributed by atoms with Crippen LogP contribution in [0.3, 0.4) is 0 Å². The van der Waals surface area contributed by atoms with Crippen molar-refractivity contribution in [2.24, 2.45) is 7.05 Å². The summed E-state index contributed by atoms with van der Waals surface area (Å²) in [5, 5.41) is 7.17. The third kappa shape index (κ3) is 2.95. The van der Waals surface area contributed by atoms with Crippen LogP contribution in [0.15, 0.2) is 17.3 Å². The lowest BCUT2D eigenvalue weighted by Crippen LogP contribution is -2.09. The van der Waals surface area contributed by atoms with Gasteiger partial charge >= 0.3 is 0 Å². The maximum Gasteiger partial charge on any atom is 0.0625 e. The zero-order valence-electron chi connectivity index (χ0n) is 6.87. The van der Waals surface area contributed by atoms with Gasteiger partial charge in [-0.1, -0.05) is 0 Å². The second-order valence-electron chi connectivity index (χ2n) is 2.30. The van der Waals surface area contributed by atoms with Crippen LogP contribution in [-0.4, -0.2) is 29.1 Å². The topological polar surface area (TPSA) is 29.9 Å². The average molecular weight is 171 g/mol. The number of nitrogens with one attached hydrogen (secondary N) is 1. The lowest BCUT2D eigenvalue weighted by Gasteiger charge is -1.95. The molecule has 0 aromatic carbocycles. The molecule has 0 bridgehead atoms. The Balaban J connectivity index is 2.27. The molecule has 1 heterocycles. The molecule has 0 radical (unpaired) electrons. The van der Waals surface area contributed by atoms with Crippen LogP contribution in [-0.2, 0) is 7.05 Å². The predicted molar refractivity (Wildman–Crippen MR) is 47.9 cm³/mol. The van der Waals surface area contributed by atoms with E-state index in [-0.39, 0.29) is 0 Å². The largest absolute Gasteiger partial charge is 0.319 e. The van der Waals surface area contributed by atoms with E-state index in [2.05, 4.69) is 10.4 Å². The molecule has 62 valence electrons. The summed E-state index contributed by atoms with van der Waals surface area (Å²) in [6.07, 6.45) is 3.92. The molecule has 1 N–H and O–H groups in total. The van der Waals surface area contributed by atoms with Gasteiger partial charge in [0.25, 0.3) is 0 Å². The van der Waals surface area contributed by atoms with E-state index >= 15 is 0 Å². The highest BCUT2D eigenvalue weighted by Gasteiger charge is 1.94. The predicted octanol–water partition coefficient (Wildman–Crippen LogP) is 0.732. The number of aryl methyl sites for hydroxylation is 1. The molecule has 1 aromatic rings. The molecule has 3 nitrogen and oxygen atoms in total. The van der Waals surface area contributed by atoms with Crippen LogP contribution in [0.5, 0.6) is 0 Å². The number of hydrogen-bond donors (Lipinski definition) is 1. The van der Waals surface area contributed by atoms with Gasteiger partial charge in [0.2, 0.25) is 0 Å². The second-order valence-corrected chi connectivity index (χ2v) is 3.47. The van der Waals surface area contributed by atoms with Crippen LogP contribution >= 0.6 is 11.8 Å². The van der Waals surface area contributed by atoms with Gasteiger partial charge < -0.3 is 5.32 Å². The van der Waals surface area contributed by atoms with E-state index in [4.69, 9.17) is 0 Å². The fourth-order valence-corrected chi connectivity index (χ4v) is 1.63. The summed E-state index contributed by atoms with van der Waals surface area (Å²) in [4.78, 5) is 1.24. The summed E-state index contributed by atoms with van der Waals surface area (Å²) < 4.78 is 1.82. The van der Waals surface area contributed by atoms with Gasteiger partial charge in [-0.2, -0.15) is 5.10 Å². The molecule has 0 spiro atoms. The van der Waals surface area contributed by atoms with Gasteiger partial charge in [0.15, 0.2) is 0 Å². The molecular weight excluding hydrogens is 158 g/mol. The van der Waals surface area contributed by atoms with Crippen molar-refractivity contribution < 1.29 is 0 Å². The van der Waals surface area contributed by atoms with Crippen molar-refractivity contribution in [1.29, 1.82) is 0 Å². The molecule has 0 aliphatic rings.